The Bertz CT molecular complexity index is 396. The van der Waals surface area contributed by atoms with Gasteiger partial charge in [0.2, 0.25) is 0 Å². The van der Waals surface area contributed by atoms with Gasteiger partial charge in [-0.25, -0.2) is 5.84 Å². The van der Waals surface area contributed by atoms with Gasteiger partial charge in [-0.2, -0.15) is 0 Å². The summed E-state index contributed by atoms with van der Waals surface area (Å²) in [7, 11) is 0. The molecule has 0 unspecified atom stereocenters. The molecule has 0 fully saturated rings. The minimum absolute atomic E-state index is 0.700. The smallest absolute Gasteiger partial charge is 0.204 e. The normalized spacial score (nSPS) is 10.6. The third-order valence-corrected chi connectivity index (χ3v) is 2.72. The second-order valence-corrected chi connectivity index (χ2v) is 3.51. The number of nitrogens with two attached hydrogens (primary N) is 1. The zero-order valence-corrected chi connectivity index (χ0v) is 7.19. The molecule has 0 aliphatic carbocycles. The van der Waals surface area contributed by atoms with Crippen LogP contribution in [0.1, 0.15) is 0 Å². The van der Waals surface area contributed by atoms with E-state index in [-0.39, 0.29) is 0 Å². The number of hydrogen-bond acceptors (Lipinski definition) is 2. The third kappa shape index (κ3) is 0.968. The molecule has 0 aliphatic heterocycles. The molecule has 0 saturated carbocycles. The zero-order valence-electron chi connectivity index (χ0n) is 5.62. The Hall–Kier alpha value is -0.800. The van der Waals surface area contributed by atoms with Gasteiger partial charge in [0.25, 0.3) is 11.0 Å². The Balaban J connectivity index is 2.96. The fourth-order valence-electron chi connectivity index (χ4n) is 1.01. The molecule has 2 nitrogen and oxygen atoms in total. The monoisotopic (exact) mass is 185 g/mol. The van der Waals surface area contributed by atoms with E-state index >= 15 is 0 Å². The Morgan fingerprint density at radius 1 is 1.45 bits per heavy atom. The zero-order chi connectivity index (χ0) is 7.84. The summed E-state index contributed by atoms with van der Waals surface area (Å²) in [5.41, 5.74) is 2.73. The summed E-state index contributed by atoms with van der Waals surface area (Å²) < 4.78 is 2.66. The van der Waals surface area contributed by atoms with E-state index in [4.69, 9.17) is 17.4 Å². The van der Waals surface area contributed by atoms with Gasteiger partial charge in [0, 0.05) is 0 Å². The van der Waals surface area contributed by atoms with Crippen molar-refractivity contribution in [2.75, 3.05) is 5.84 Å². The lowest BCUT2D eigenvalue weighted by Crippen LogP contribution is -2.42. The molecule has 0 atom stereocenters. The fraction of sp³-hybridized carbons (Fsp3) is 0. The van der Waals surface area contributed by atoms with Crippen LogP contribution in [-0.4, -0.2) is 0 Å². The number of nitrogen functional groups attached to an aromatic ring is 1. The maximum Gasteiger partial charge on any atom is 0.271 e. The lowest BCUT2D eigenvalue weighted by Gasteiger charge is -1.86. The number of thiazole rings is 1. The molecule has 0 bridgehead atoms. The summed E-state index contributed by atoms with van der Waals surface area (Å²) in [4.78, 5) is 0. The van der Waals surface area contributed by atoms with Crippen molar-refractivity contribution >= 4 is 33.2 Å². The first-order chi connectivity index (χ1) is 5.29. The number of halogens is 1. The Morgan fingerprint density at radius 2 is 2.27 bits per heavy atom. The number of hydrogen-bond donors (Lipinski definition) is 1. The van der Waals surface area contributed by atoms with Crippen molar-refractivity contribution in [3.8, 4) is 0 Å². The minimum Gasteiger partial charge on any atom is -0.204 e. The van der Waals surface area contributed by atoms with Gasteiger partial charge in [0.15, 0.2) is 0 Å². The minimum atomic E-state index is 0.700. The number of aromatic nitrogens is 1. The lowest BCUT2D eigenvalue weighted by molar-refractivity contribution is -0.606. The molecule has 1 aromatic carbocycles. The molecule has 4 heteroatoms. The van der Waals surface area contributed by atoms with Crippen LogP contribution < -0.4 is 10.5 Å². The summed E-state index contributed by atoms with van der Waals surface area (Å²) in [6, 6.07) is 5.75. The molecule has 1 heterocycles. The summed E-state index contributed by atoms with van der Waals surface area (Å²) in [5.74, 6) is 5.62. The quantitative estimate of drug-likeness (QED) is 0.490. The second kappa shape index (κ2) is 2.36. The highest BCUT2D eigenvalue weighted by molar-refractivity contribution is 7.16. The Kier molecular flexibility index (Phi) is 1.47. The van der Waals surface area contributed by atoms with Gasteiger partial charge in [-0.3, -0.25) is 0 Å². The van der Waals surface area contributed by atoms with E-state index in [1.54, 1.807) is 16.0 Å². The number of para-hydroxylation sites is 1. The molecule has 0 aliphatic rings. The molecule has 56 valence electrons. The van der Waals surface area contributed by atoms with Crippen LogP contribution in [0.25, 0.3) is 10.2 Å². The van der Waals surface area contributed by atoms with Crippen molar-refractivity contribution < 1.29 is 4.68 Å². The predicted octanol–water partition coefficient (Wildman–Crippen LogP) is 1.56. The lowest BCUT2D eigenvalue weighted by atomic mass is 10.3. The van der Waals surface area contributed by atoms with Crippen LogP contribution in [0.3, 0.4) is 0 Å². The molecule has 1 aromatic heterocycles. The molecule has 2 rings (SSSR count). The van der Waals surface area contributed by atoms with Gasteiger partial charge >= 0.3 is 0 Å². The summed E-state index contributed by atoms with van der Waals surface area (Å²) in [5, 5.41) is 0.700. The molecule has 2 aromatic rings. The summed E-state index contributed by atoms with van der Waals surface area (Å²) in [6.45, 7) is 0. The van der Waals surface area contributed by atoms with Crippen LogP contribution >= 0.6 is 22.9 Å². The second-order valence-electron chi connectivity index (χ2n) is 2.22. The van der Waals surface area contributed by atoms with Crippen LogP contribution in [0.15, 0.2) is 23.7 Å². The maximum atomic E-state index is 5.91. The first kappa shape index (κ1) is 6.88. The first-order valence-corrected chi connectivity index (χ1v) is 4.37. The van der Waals surface area contributed by atoms with Crippen molar-refractivity contribution in [2.24, 2.45) is 0 Å². The largest absolute Gasteiger partial charge is 0.271 e. The van der Waals surface area contributed by atoms with Gasteiger partial charge in [-0.05, 0) is 12.1 Å². The van der Waals surface area contributed by atoms with Crippen molar-refractivity contribution in [1.29, 1.82) is 0 Å². The average Bonchev–Trinajstić information content (AvgIpc) is 2.34. The molecular formula is C7H6ClN2S+. The first-order valence-electron chi connectivity index (χ1n) is 3.11. The third-order valence-electron chi connectivity index (χ3n) is 1.50. The van der Waals surface area contributed by atoms with Crippen molar-refractivity contribution in [3.05, 3.63) is 28.7 Å². The van der Waals surface area contributed by atoms with E-state index in [9.17, 15) is 0 Å². The van der Waals surface area contributed by atoms with E-state index in [2.05, 4.69) is 0 Å². The van der Waals surface area contributed by atoms with Crippen LogP contribution in [0.2, 0.25) is 5.02 Å². The van der Waals surface area contributed by atoms with Gasteiger partial charge in [0.1, 0.15) is 9.72 Å². The Labute approximate surface area is 72.8 Å². The topological polar surface area (TPSA) is 29.9 Å². The molecule has 0 saturated heterocycles. The number of rotatable bonds is 0. The average molecular weight is 186 g/mol. The van der Waals surface area contributed by atoms with E-state index in [1.165, 1.54) is 0 Å². The SMILES string of the molecule is N[n+]1csc2cccc(Cl)c21. The molecule has 2 N–H and O–H groups in total. The fourth-order valence-corrected chi connectivity index (χ4v) is 2.15. The van der Waals surface area contributed by atoms with Crippen molar-refractivity contribution in [3.63, 3.8) is 0 Å². The highest BCUT2D eigenvalue weighted by atomic mass is 35.5. The van der Waals surface area contributed by atoms with Gasteiger partial charge in [0.05, 0.1) is 0 Å². The number of fused-ring (bicyclic) bond motifs is 1. The highest BCUT2D eigenvalue weighted by Crippen LogP contribution is 2.22. The van der Waals surface area contributed by atoms with Crippen LogP contribution in [0.5, 0.6) is 0 Å². The van der Waals surface area contributed by atoms with Crippen molar-refractivity contribution in [1.82, 2.24) is 0 Å². The maximum absolute atomic E-state index is 5.91. The van der Waals surface area contributed by atoms with E-state index < -0.39 is 0 Å². The van der Waals surface area contributed by atoms with Crippen molar-refractivity contribution in [2.45, 2.75) is 0 Å². The molecule has 0 radical (unpaired) electrons. The van der Waals surface area contributed by atoms with E-state index in [1.807, 2.05) is 23.7 Å². The summed E-state index contributed by atoms with van der Waals surface area (Å²) >= 11 is 7.49. The highest BCUT2D eigenvalue weighted by Gasteiger charge is 2.11. The molecular weight excluding hydrogens is 180 g/mol. The predicted molar refractivity (Wildman–Crippen MR) is 47.2 cm³/mol. The van der Waals surface area contributed by atoms with Crippen LogP contribution in [0, 0.1) is 0 Å². The van der Waals surface area contributed by atoms with E-state index in [0.717, 1.165) is 10.2 Å². The van der Waals surface area contributed by atoms with Crippen LogP contribution in [0.4, 0.5) is 0 Å². The molecule has 11 heavy (non-hydrogen) atoms. The molecule has 0 amide bonds. The Morgan fingerprint density at radius 3 is 3.00 bits per heavy atom. The number of benzene rings is 1. The number of nitrogens with zero attached hydrogens (tertiary/aromatic N) is 1. The van der Waals surface area contributed by atoms with Gasteiger partial charge in [-0.15, -0.1) is 0 Å². The van der Waals surface area contributed by atoms with Gasteiger partial charge in [-0.1, -0.05) is 33.7 Å². The summed E-state index contributed by atoms with van der Waals surface area (Å²) in [6.07, 6.45) is 0. The molecule has 0 spiro atoms. The van der Waals surface area contributed by atoms with E-state index in [0.29, 0.717) is 5.02 Å². The standard InChI is InChI=1S/C7H6ClN2S/c8-5-2-1-3-6-7(5)10(9)4-11-6/h1-4H,9H2/q+1. The van der Waals surface area contributed by atoms with Gasteiger partial charge < -0.3 is 0 Å². The van der Waals surface area contributed by atoms with Crippen LogP contribution in [-0.2, 0) is 0 Å².